The average Bonchev–Trinajstić information content (AvgIpc) is 3.24. The van der Waals surface area contributed by atoms with Gasteiger partial charge in [0.15, 0.2) is 5.13 Å². The summed E-state index contributed by atoms with van der Waals surface area (Å²) in [7, 11) is 0. The number of aromatic nitrogens is 1. The van der Waals surface area contributed by atoms with Crippen molar-refractivity contribution < 1.29 is 18.4 Å². The number of anilines is 2. The lowest BCUT2D eigenvalue weighted by atomic mass is 10.1. The summed E-state index contributed by atoms with van der Waals surface area (Å²) in [6, 6.07) is 7.77. The number of carbonyl (C=O) groups is 2. The predicted octanol–water partition coefficient (Wildman–Crippen LogP) is 4.15. The Morgan fingerprint density at radius 2 is 2.12 bits per heavy atom. The van der Waals surface area contributed by atoms with Gasteiger partial charge in [0.25, 0.3) is 0 Å². The molecule has 3 aromatic rings. The Morgan fingerprint density at radius 1 is 1.27 bits per heavy atom. The molecule has 2 aromatic heterocycles. The number of nitrogens with zero attached hydrogens (tertiary/aromatic N) is 1. The van der Waals surface area contributed by atoms with E-state index in [9.17, 15) is 14.0 Å². The average molecular weight is 371 g/mol. The lowest BCUT2D eigenvalue weighted by Crippen LogP contribution is -2.07. The van der Waals surface area contributed by atoms with E-state index in [1.165, 1.54) is 48.8 Å². The lowest BCUT2D eigenvalue weighted by Gasteiger charge is -2.04. The summed E-state index contributed by atoms with van der Waals surface area (Å²) in [6.45, 7) is 1.35. The Kier molecular flexibility index (Phi) is 5.23. The van der Waals surface area contributed by atoms with E-state index in [1.807, 2.05) is 0 Å². The highest BCUT2D eigenvalue weighted by Gasteiger charge is 2.11. The van der Waals surface area contributed by atoms with Crippen LogP contribution in [0.15, 0.2) is 52.5 Å². The van der Waals surface area contributed by atoms with Crippen LogP contribution >= 0.6 is 11.3 Å². The molecule has 2 amide bonds. The van der Waals surface area contributed by atoms with E-state index in [0.29, 0.717) is 22.3 Å². The number of halogens is 1. The number of furan rings is 1. The monoisotopic (exact) mass is 371 g/mol. The number of benzene rings is 1. The zero-order valence-electron chi connectivity index (χ0n) is 13.7. The molecule has 0 unspecified atom stereocenters. The Balaban J connectivity index is 1.69. The van der Waals surface area contributed by atoms with Gasteiger partial charge in [0.05, 0.1) is 12.0 Å². The SMILES string of the molecule is CC(=O)Nc1ccc(-c2csc(NC(=O)/C=C/c3ccco3)n2)c(F)c1. The standard InChI is InChI=1S/C18H14FN3O3S/c1-11(23)20-12-4-6-14(15(19)9-12)16-10-26-18(21-16)22-17(24)7-5-13-3-2-8-25-13/h2-10H,1H3,(H,20,23)(H,21,22,24)/b7-5+. The number of hydrogen-bond donors (Lipinski definition) is 2. The molecule has 0 bridgehead atoms. The Bertz CT molecular complexity index is 964. The summed E-state index contributed by atoms with van der Waals surface area (Å²) >= 11 is 1.18. The fourth-order valence-electron chi connectivity index (χ4n) is 2.15. The number of rotatable bonds is 5. The van der Waals surface area contributed by atoms with E-state index in [0.717, 1.165) is 0 Å². The largest absolute Gasteiger partial charge is 0.465 e. The van der Waals surface area contributed by atoms with Gasteiger partial charge in [-0.2, -0.15) is 0 Å². The fraction of sp³-hybridized carbons (Fsp3) is 0.0556. The van der Waals surface area contributed by atoms with Crippen molar-refractivity contribution in [1.82, 2.24) is 4.98 Å². The summed E-state index contributed by atoms with van der Waals surface area (Å²) in [5, 5.41) is 7.11. The van der Waals surface area contributed by atoms with Crippen molar-refractivity contribution in [3.05, 3.63) is 59.6 Å². The van der Waals surface area contributed by atoms with Crippen LogP contribution < -0.4 is 10.6 Å². The third-order valence-electron chi connectivity index (χ3n) is 3.24. The molecule has 0 saturated carbocycles. The van der Waals surface area contributed by atoms with Crippen molar-refractivity contribution in [3.8, 4) is 11.3 Å². The molecule has 2 N–H and O–H groups in total. The fourth-order valence-corrected chi connectivity index (χ4v) is 2.86. The molecule has 132 valence electrons. The van der Waals surface area contributed by atoms with Gasteiger partial charge in [0.1, 0.15) is 11.6 Å². The number of hydrogen-bond acceptors (Lipinski definition) is 5. The van der Waals surface area contributed by atoms with Gasteiger partial charge >= 0.3 is 0 Å². The van der Waals surface area contributed by atoms with Gasteiger partial charge in [0, 0.05) is 29.6 Å². The van der Waals surface area contributed by atoms with Crippen molar-refractivity contribution in [2.24, 2.45) is 0 Å². The van der Waals surface area contributed by atoms with Crippen molar-refractivity contribution >= 4 is 40.0 Å². The molecule has 0 fully saturated rings. The maximum absolute atomic E-state index is 14.2. The zero-order chi connectivity index (χ0) is 18.5. The topological polar surface area (TPSA) is 84.2 Å². The molecule has 8 heteroatoms. The molecule has 0 aliphatic rings. The van der Waals surface area contributed by atoms with E-state index in [1.54, 1.807) is 23.6 Å². The van der Waals surface area contributed by atoms with Crippen LogP contribution in [0.2, 0.25) is 0 Å². The summed E-state index contributed by atoms with van der Waals surface area (Å²) in [6.07, 6.45) is 4.36. The van der Waals surface area contributed by atoms with E-state index in [-0.39, 0.29) is 17.4 Å². The number of thiazole rings is 1. The summed E-state index contributed by atoms with van der Waals surface area (Å²) < 4.78 is 19.3. The van der Waals surface area contributed by atoms with E-state index in [4.69, 9.17) is 4.42 Å². The van der Waals surface area contributed by atoms with Gasteiger partial charge in [0.2, 0.25) is 11.8 Å². The molecule has 0 radical (unpaired) electrons. The molecule has 3 rings (SSSR count). The second kappa shape index (κ2) is 7.75. The lowest BCUT2D eigenvalue weighted by molar-refractivity contribution is -0.114. The highest BCUT2D eigenvalue weighted by atomic mass is 32.1. The van der Waals surface area contributed by atoms with Gasteiger partial charge < -0.3 is 9.73 Å². The smallest absolute Gasteiger partial charge is 0.250 e. The minimum absolute atomic E-state index is 0.279. The van der Waals surface area contributed by atoms with Gasteiger partial charge in [-0.05, 0) is 36.4 Å². The summed E-state index contributed by atoms with van der Waals surface area (Å²) in [4.78, 5) is 27.1. The van der Waals surface area contributed by atoms with Crippen LogP contribution in [0.25, 0.3) is 17.3 Å². The number of carbonyl (C=O) groups excluding carboxylic acids is 2. The second-order valence-electron chi connectivity index (χ2n) is 5.25. The third-order valence-corrected chi connectivity index (χ3v) is 4.00. The van der Waals surface area contributed by atoms with Crippen LogP contribution in [0.5, 0.6) is 0 Å². The summed E-state index contributed by atoms with van der Waals surface area (Å²) in [5.41, 5.74) is 1.04. The normalized spacial score (nSPS) is 10.8. The molecule has 0 atom stereocenters. The van der Waals surface area contributed by atoms with Crippen LogP contribution in [-0.2, 0) is 9.59 Å². The van der Waals surface area contributed by atoms with Crippen molar-refractivity contribution in [2.45, 2.75) is 6.92 Å². The number of nitrogens with one attached hydrogen (secondary N) is 2. The molecule has 0 saturated heterocycles. The van der Waals surface area contributed by atoms with Crippen molar-refractivity contribution in [1.29, 1.82) is 0 Å². The Labute approximate surface area is 152 Å². The third kappa shape index (κ3) is 4.42. The van der Waals surface area contributed by atoms with Gasteiger partial charge in [-0.1, -0.05) is 0 Å². The molecule has 0 spiro atoms. The van der Waals surface area contributed by atoms with Crippen LogP contribution in [0.1, 0.15) is 12.7 Å². The van der Waals surface area contributed by atoms with Crippen molar-refractivity contribution in [3.63, 3.8) is 0 Å². The van der Waals surface area contributed by atoms with Crippen LogP contribution in [-0.4, -0.2) is 16.8 Å². The molecule has 0 aliphatic carbocycles. The van der Waals surface area contributed by atoms with Gasteiger partial charge in [-0.3, -0.25) is 14.9 Å². The Morgan fingerprint density at radius 3 is 2.81 bits per heavy atom. The molecule has 1 aromatic carbocycles. The van der Waals surface area contributed by atoms with E-state index >= 15 is 0 Å². The molecule has 2 heterocycles. The molecule has 26 heavy (non-hydrogen) atoms. The maximum atomic E-state index is 14.2. The quantitative estimate of drug-likeness (QED) is 0.660. The highest BCUT2D eigenvalue weighted by Crippen LogP contribution is 2.28. The predicted molar refractivity (Wildman–Crippen MR) is 98.2 cm³/mol. The summed E-state index contributed by atoms with van der Waals surface area (Å²) in [5.74, 6) is -0.611. The molecular formula is C18H14FN3O3S. The molecule has 6 nitrogen and oxygen atoms in total. The first-order valence-corrected chi connectivity index (χ1v) is 8.45. The number of amides is 2. The zero-order valence-corrected chi connectivity index (χ0v) is 14.5. The maximum Gasteiger partial charge on any atom is 0.250 e. The minimum atomic E-state index is -0.517. The second-order valence-corrected chi connectivity index (χ2v) is 6.11. The molecular weight excluding hydrogens is 357 g/mol. The van der Waals surface area contributed by atoms with E-state index < -0.39 is 5.82 Å². The van der Waals surface area contributed by atoms with Crippen molar-refractivity contribution in [2.75, 3.05) is 10.6 Å². The Hall–Kier alpha value is -3.26. The highest BCUT2D eigenvalue weighted by molar-refractivity contribution is 7.14. The van der Waals surface area contributed by atoms with Crippen LogP contribution in [0, 0.1) is 5.82 Å². The van der Waals surface area contributed by atoms with Crippen LogP contribution in [0.4, 0.5) is 15.2 Å². The van der Waals surface area contributed by atoms with Gasteiger partial charge in [-0.25, -0.2) is 9.37 Å². The minimum Gasteiger partial charge on any atom is -0.465 e. The first-order chi connectivity index (χ1) is 12.5. The first-order valence-electron chi connectivity index (χ1n) is 7.57. The van der Waals surface area contributed by atoms with Gasteiger partial charge in [-0.15, -0.1) is 11.3 Å². The van der Waals surface area contributed by atoms with E-state index in [2.05, 4.69) is 15.6 Å². The first kappa shape index (κ1) is 17.6. The molecule has 0 aliphatic heterocycles. The van der Waals surface area contributed by atoms with Crippen LogP contribution in [0.3, 0.4) is 0 Å².